The maximum absolute atomic E-state index is 13.9. The first-order chi connectivity index (χ1) is 15.0. The lowest BCUT2D eigenvalue weighted by Gasteiger charge is -2.33. The van der Waals surface area contributed by atoms with Crippen molar-refractivity contribution in [3.8, 4) is 0 Å². The summed E-state index contributed by atoms with van der Waals surface area (Å²) in [5.74, 6) is 0.730. The Hall–Kier alpha value is -2.53. The second kappa shape index (κ2) is 9.31. The lowest BCUT2D eigenvalue weighted by molar-refractivity contribution is 0.254. The van der Waals surface area contributed by atoms with Crippen LogP contribution in [0.2, 0.25) is 5.02 Å². The number of halogens is 3. The zero-order valence-corrected chi connectivity index (χ0v) is 18.3. The number of anilines is 1. The monoisotopic (exact) mass is 441 g/mol. The number of aromatic nitrogens is 1. The van der Waals surface area contributed by atoms with Crippen molar-refractivity contribution >= 4 is 40.6 Å². The molecule has 1 atom stereocenters. The molecule has 1 fully saturated rings. The van der Waals surface area contributed by atoms with E-state index in [2.05, 4.69) is 28.9 Å². The van der Waals surface area contributed by atoms with E-state index >= 15 is 0 Å². The van der Waals surface area contributed by atoms with Gasteiger partial charge in [-0.05, 0) is 86.0 Å². The van der Waals surface area contributed by atoms with E-state index < -0.39 is 5.82 Å². The molecule has 162 valence electrons. The number of rotatable bonds is 6. The summed E-state index contributed by atoms with van der Waals surface area (Å²) in [6.07, 6.45) is 6.17. The highest BCUT2D eigenvalue weighted by Crippen LogP contribution is 2.41. The van der Waals surface area contributed by atoms with Crippen LogP contribution in [0.25, 0.3) is 10.9 Å². The zero-order chi connectivity index (χ0) is 22.0. The molecule has 1 aliphatic carbocycles. The average molecular weight is 442 g/mol. The number of nitrogens with zero attached hydrogens (tertiary/aromatic N) is 2. The normalized spacial score (nSPS) is 19.9. The fourth-order valence-corrected chi connectivity index (χ4v) is 4.90. The summed E-state index contributed by atoms with van der Waals surface area (Å²) in [5.41, 5.74) is 3.22. The molecule has 0 saturated heterocycles. The first-order valence-electron chi connectivity index (χ1n) is 10.7. The van der Waals surface area contributed by atoms with Crippen molar-refractivity contribution in [3.05, 3.63) is 64.8 Å². The minimum atomic E-state index is -0.467. The van der Waals surface area contributed by atoms with Gasteiger partial charge >= 0.3 is 0 Å². The summed E-state index contributed by atoms with van der Waals surface area (Å²) in [6.45, 7) is 6.49. The Balaban J connectivity index is 1.39. The van der Waals surface area contributed by atoms with Crippen molar-refractivity contribution in [2.24, 2.45) is 16.8 Å². The van der Waals surface area contributed by atoms with Crippen LogP contribution in [-0.4, -0.2) is 18.2 Å². The lowest BCUT2D eigenvalue weighted by atomic mass is 9.74. The summed E-state index contributed by atoms with van der Waals surface area (Å²) in [4.78, 5) is 8.32. The van der Waals surface area contributed by atoms with Crippen LogP contribution < -0.4 is 5.32 Å². The van der Waals surface area contributed by atoms with Gasteiger partial charge in [-0.1, -0.05) is 18.5 Å². The molecule has 3 aromatic rings. The minimum absolute atomic E-state index is 0.0443. The Labute approximate surface area is 186 Å². The van der Waals surface area contributed by atoms with Gasteiger partial charge < -0.3 is 5.32 Å². The third-order valence-electron chi connectivity index (χ3n) is 6.58. The number of hydrogen-bond donors (Lipinski definition) is 1. The summed E-state index contributed by atoms with van der Waals surface area (Å²) in [6, 6.07) is 9.72. The van der Waals surface area contributed by atoms with Gasteiger partial charge in [0.2, 0.25) is 0 Å². The maximum atomic E-state index is 13.9. The molecule has 4 rings (SSSR count). The largest absolute Gasteiger partial charge is 0.383 e. The van der Waals surface area contributed by atoms with Gasteiger partial charge in [0.25, 0.3) is 0 Å². The molecule has 1 aliphatic rings. The van der Waals surface area contributed by atoms with Gasteiger partial charge in [0, 0.05) is 24.2 Å². The Morgan fingerprint density at radius 1 is 1.16 bits per heavy atom. The molecule has 0 aliphatic heterocycles. The number of aliphatic imine (C=N–C) groups is 1. The molecular formula is C25H26ClF2N3. The van der Waals surface area contributed by atoms with E-state index in [0.717, 1.165) is 43.1 Å². The van der Waals surface area contributed by atoms with Gasteiger partial charge in [-0.3, -0.25) is 9.98 Å². The third kappa shape index (κ3) is 4.72. The Kier molecular flexibility index (Phi) is 6.51. The van der Waals surface area contributed by atoms with Crippen molar-refractivity contribution < 1.29 is 8.78 Å². The number of nitrogens with one attached hydrogen (secondary N) is 1. The van der Waals surface area contributed by atoms with E-state index in [1.54, 1.807) is 12.1 Å². The molecule has 2 aromatic carbocycles. The van der Waals surface area contributed by atoms with E-state index in [0.29, 0.717) is 29.1 Å². The molecule has 0 radical (unpaired) electrons. The predicted molar refractivity (Wildman–Crippen MR) is 125 cm³/mol. The van der Waals surface area contributed by atoms with Gasteiger partial charge in [-0.25, -0.2) is 8.78 Å². The number of benzene rings is 2. The first kappa shape index (κ1) is 21.7. The van der Waals surface area contributed by atoms with Gasteiger partial charge in [0.05, 0.1) is 21.9 Å². The fourth-order valence-electron chi connectivity index (χ4n) is 4.74. The third-order valence-corrected chi connectivity index (χ3v) is 6.87. The van der Waals surface area contributed by atoms with Crippen LogP contribution in [0.3, 0.4) is 0 Å². The Morgan fingerprint density at radius 3 is 2.68 bits per heavy atom. The fraction of sp³-hybridized carbons (Fsp3) is 0.360. The van der Waals surface area contributed by atoms with Crippen LogP contribution >= 0.6 is 11.6 Å². The molecular weight excluding hydrogens is 416 g/mol. The van der Waals surface area contributed by atoms with E-state index in [4.69, 9.17) is 11.6 Å². The summed E-state index contributed by atoms with van der Waals surface area (Å²) in [5, 5.41) is 4.29. The summed E-state index contributed by atoms with van der Waals surface area (Å²) >= 11 is 5.84. The highest BCUT2D eigenvalue weighted by atomic mass is 35.5. The number of pyridine rings is 1. The SMILES string of the molecule is C=Nc1cc(Cl)c(F)cc1NCC(C)C1CCC(c2ccnc3ccc(F)cc23)CC1. The molecule has 1 heterocycles. The molecule has 1 aromatic heterocycles. The molecule has 3 nitrogen and oxygen atoms in total. The molecule has 1 N–H and O–H groups in total. The average Bonchev–Trinajstić information content (AvgIpc) is 2.79. The standard InChI is InChI=1S/C25H26ClF2N3/c1-15(14-31-25-13-22(28)21(26)12-24(25)29-2)16-3-5-17(6-4-16)19-9-10-30-23-8-7-18(27)11-20(19)23/h7-13,15-17,31H,2-6,14H2,1H3. The number of fused-ring (bicyclic) bond motifs is 1. The van der Waals surface area contributed by atoms with Crippen molar-refractivity contribution in [1.82, 2.24) is 4.98 Å². The quantitative estimate of drug-likeness (QED) is 0.401. The molecule has 1 saturated carbocycles. The van der Waals surface area contributed by atoms with Crippen molar-refractivity contribution in [2.45, 2.75) is 38.5 Å². The van der Waals surface area contributed by atoms with E-state index in [-0.39, 0.29) is 10.8 Å². The second-order valence-electron chi connectivity index (χ2n) is 8.47. The lowest BCUT2D eigenvalue weighted by Crippen LogP contribution is -2.24. The van der Waals surface area contributed by atoms with Crippen molar-refractivity contribution in [3.63, 3.8) is 0 Å². The number of hydrogen-bond acceptors (Lipinski definition) is 3. The molecule has 0 bridgehead atoms. The van der Waals surface area contributed by atoms with Crippen LogP contribution in [0.5, 0.6) is 0 Å². The van der Waals surface area contributed by atoms with Crippen LogP contribution in [0.4, 0.5) is 20.2 Å². The van der Waals surface area contributed by atoms with E-state index in [9.17, 15) is 8.78 Å². The van der Waals surface area contributed by atoms with Crippen LogP contribution in [0, 0.1) is 23.5 Å². The smallest absolute Gasteiger partial charge is 0.144 e. The molecule has 1 unspecified atom stereocenters. The molecule has 31 heavy (non-hydrogen) atoms. The summed E-state index contributed by atoms with van der Waals surface area (Å²) < 4.78 is 27.7. The highest BCUT2D eigenvalue weighted by molar-refractivity contribution is 6.31. The Morgan fingerprint density at radius 2 is 1.94 bits per heavy atom. The van der Waals surface area contributed by atoms with Crippen LogP contribution in [0.1, 0.15) is 44.1 Å². The van der Waals surface area contributed by atoms with Crippen LogP contribution in [0.15, 0.2) is 47.6 Å². The van der Waals surface area contributed by atoms with Gasteiger partial charge in [0.15, 0.2) is 0 Å². The predicted octanol–water partition coefficient (Wildman–Crippen LogP) is 7.52. The van der Waals surface area contributed by atoms with E-state index in [1.807, 2.05) is 12.3 Å². The second-order valence-corrected chi connectivity index (χ2v) is 8.88. The topological polar surface area (TPSA) is 37.3 Å². The van der Waals surface area contributed by atoms with Gasteiger partial charge in [-0.15, -0.1) is 0 Å². The molecule has 6 heteroatoms. The highest BCUT2D eigenvalue weighted by Gasteiger charge is 2.27. The first-order valence-corrected chi connectivity index (χ1v) is 11.1. The van der Waals surface area contributed by atoms with Crippen molar-refractivity contribution in [2.75, 3.05) is 11.9 Å². The van der Waals surface area contributed by atoms with Crippen molar-refractivity contribution in [1.29, 1.82) is 0 Å². The Bertz CT molecular complexity index is 1090. The van der Waals surface area contributed by atoms with Gasteiger partial charge in [-0.2, -0.15) is 0 Å². The van der Waals surface area contributed by atoms with Gasteiger partial charge in [0.1, 0.15) is 11.6 Å². The maximum Gasteiger partial charge on any atom is 0.144 e. The summed E-state index contributed by atoms with van der Waals surface area (Å²) in [7, 11) is 0. The zero-order valence-electron chi connectivity index (χ0n) is 17.5. The minimum Gasteiger partial charge on any atom is -0.383 e. The van der Waals surface area contributed by atoms with E-state index in [1.165, 1.54) is 23.8 Å². The van der Waals surface area contributed by atoms with Crippen LogP contribution in [-0.2, 0) is 0 Å². The molecule has 0 amide bonds. The molecule has 0 spiro atoms.